The largest absolute Gasteiger partial charge is 0.472 e. The average molecular weight is 276 g/mol. The van der Waals surface area contributed by atoms with Gasteiger partial charge in [0.15, 0.2) is 0 Å². The first-order valence-electron chi connectivity index (χ1n) is 6.43. The molecule has 0 radical (unpaired) electrons. The molecule has 4 nitrogen and oxygen atoms in total. The minimum absolute atomic E-state index is 0.0112. The van der Waals surface area contributed by atoms with Crippen LogP contribution in [0.5, 0.6) is 0 Å². The van der Waals surface area contributed by atoms with Crippen LogP contribution in [0.25, 0.3) is 0 Å². The number of hydrogen-bond donors (Lipinski definition) is 1. The van der Waals surface area contributed by atoms with Crippen LogP contribution in [0.3, 0.4) is 0 Å². The summed E-state index contributed by atoms with van der Waals surface area (Å²) in [6.45, 7) is 1.35. The van der Waals surface area contributed by atoms with Gasteiger partial charge in [-0.25, -0.2) is 4.79 Å². The van der Waals surface area contributed by atoms with Gasteiger partial charge >= 0.3 is 6.03 Å². The first-order chi connectivity index (χ1) is 9.34. The normalized spacial score (nSPS) is 18.7. The Morgan fingerprint density at radius 2 is 2.47 bits per heavy atom. The Hall–Kier alpha value is -1.75. The summed E-state index contributed by atoms with van der Waals surface area (Å²) in [6.07, 6.45) is 5.40. The summed E-state index contributed by atoms with van der Waals surface area (Å²) < 4.78 is 4.99. The molecule has 0 saturated carbocycles. The minimum atomic E-state index is 0.0112. The SMILES string of the molecule is O=C(NCc1ccoc1)N1CCCC1c1cccs1. The van der Waals surface area contributed by atoms with Crippen molar-refractivity contribution < 1.29 is 9.21 Å². The monoisotopic (exact) mass is 276 g/mol. The van der Waals surface area contributed by atoms with E-state index in [1.165, 1.54) is 4.88 Å². The van der Waals surface area contributed by atoms with Crippen LogP contribution in [0, 0.1) is 0 Å². The first-order valence-corrected chi connectivity index (χ1v) is 7.31. The Morgan fingerprint density at radius 3 is 3.21 bits per heavy atom. The summed E-state index contributed by atoms with van der Waals surface area (Å²) in [6, 6.07) is 6.26. The summed E-state index contributed by atoms with van der Waals surface area (Å²) in [5.41, 5.74) is 0.986. The number of thiophene rings is 1. The number of furan rings is 1. The summed E-state index contributed by atoms with van der Waals surface area (Å²) in [4.78, 5) is 15.4. The van der Waals surface area contributed by atoms with Crippen molar-refractivity contribution in [3.8, 4) is 0 Å². The molecular weight excluding hydrogens is 260 g/mol. The molecule has 1 atom stereocenters. The van der Waals surface area contributed by atoms with E-state index in [0.717, 1.165) is 24.9 Å². The molecule has 1 N–H and O–H groups in total. The van der Waals surface area contributed by atoms with E-state index in [1.54, 1.807) is 23.9 Å². The number of nitrogens with zero attached hydrogens (tertiary/aromatic N) is 1. The molecule has 19 heavy (non-hydrogen) atoms. The molecule has 0 aliphatic carbocycles. The van der Waals surface area contributed by atoms with E-state index in [0.29, 0.717) is 6.54 Å². The van der Waals surface area contributed by atoms with E-state index in [1.807, 2.05) is 17.0 Å². The van der Waals surface area contributed by atoms with E-state index in [-0.39, 0.29) is 12.1 Å². The summed E-state index contributed by atoms with van der Waals surface area (Å²) in [5, 5.41) is 5.02. The molecule has 1 saturated heterocycles. The molecule has 100 valence electrons. The number of likely N-dealkylation sites (tertiary alicyclic amines) is 1. The van der Waals surface area contributed by atoms with Crippen molar-refractivity contribution >= 4 is 17.4 Å². The summed E-state index contributed by atoms with van der Waals surface area (Å²) in [5.74, 6) is 0. The number of carbonyl (C=O) groups excluding carboxylic acids is 1. The quantitative estimate of drug-likeness (QED) is 0.934. The third-order valence-corrected chi connectivity index (χ3v) is 4.38. The molecule has 2 amide bonds. The van der Waals surface area contributed by atoms with Crippen LogP contribution in [-0.4, -0.2) is 17.5 Å². The second-order valence-corrected chi connectivity index (χ2v) is 5.64. The number of rotatable bonds is 3. The summed E-state index contributed by atoms with van der Waals surface area (Å²) in [7, 11) is 0. The van der Waals surface area contributed by atoms with Gasteiger partial charge in [0.2, 0.25) is 0 Å². The topological polar surface area (TPSA) is 45.5 Å². The molecule has 2 aromatic rings. The van der Waals surface area contributed by atoms with Crippen LogP contribution in [-0.2, 0) is 6.54 Å². The van der Waals surface area contributed by atoms with Crippen LogP contribution in [0.4, 0.5) is 4.79 Å². The highest BCUT2D eigenvalue weighted by molar-refractivity contribution is 7.10. The highest BCUT2D eigenvalue weighted by Gasteiger charge is 2.30. The van der Waals surface area contributed by atoms with Gasteiger partial charge in [-0.3, -0.25) is 0 Å². The lowest BCUT2D eigenvalue weighted by atomic mass is 10.2. The average Bonchev–Trinajstić information content (AvgIpc) is 3.14. The van der Waals surface area contributed by atoms with Gasteiger partial charge in [-0.1, -0.05) is 6.07 Å². The Labute approximate surface area is 116 Å². The maximum atomic E-state index is 12.2. The van der Waals surface area contributed by atoms with Gasteiger partial charge in [0, 0.05) is 23.5 Å². The third kappa shape index (κ3) is 2.66. The van der Waals surface area contributed by atoms with E-state index in [4.69, 9.17) is 4.42 Å². The zero-order valence-electron chi connectivity index (χ0n) is 10.5. The van der Waals surface area contributed by atoms with E-state index in [9.17, 15) is 4.79 Å². The van der Waals surface area contributed by atoms with Gasteiger partial charge in [-0.15, -0.1) is 11.3 Å². The first kappa shape index (κ1) is 12.3. The van der Waals surface area contributed by atoms with E-state index in [2.05, 4.69) is 16.8 Å². The zero-order chi connectivity index (χ0) is 13.1. The molecule has 1 fully saturated rings. The number of hydrogen-bond acceptors (Lipinski definition) is 3. The van der Waals surface area contributed by atoms with Crippen LogP contribution < -0.4 is 5.32 Å². The van der Waals surface area contributed by atoms with Gasteiger partial charge in [0.05, 0.1) is 18.6 Å². The van der Waals surface area contributed by atoms with Crippen LogP contribution in [0.1, 0.15) is 29.3 Å². The zero-order valence-corrected chi connectivity index (χ0v) is 11.4. The Kier molecular flexibility index (Phi) is 3.55. The lowest BCUT2D eigenvalue weighted by Gasteiger charge is -2.24. The smallest absolute Gasteiger partial charge is 0.318 e. The van der Waals surface area contributed by atoms with Gasteiger partial charge in [0.25, 0.3) is 0 Å². The Bertz CT molecular complexity index is 522. The molecule has 1 aliphatic rings. The fourth-order valence-corrected chi connectivity index (χ4v) is 3.33. The number of nitrogens with one attached hydrogen (secondary N) is 1. The second-order valence-electron chi connectivity index (χ2n) is 4.66. The lowest BCUT2D eigenvalue weighted by molar-refractivity contribution is 0.193. The molecule has 0 spiro atoms. The van der Waals surface area contributed by atoms with Crippen LogP contribution in [0.2, 0.25) is 0 Å². The van der Waals surface area contributed by atoms with Gasteiger partial charge in [-0.2, -0.15) is 0 Å². The molecule has 2 aromatic heterocycles. The fraction of sp³-hybridized carbons (Fsp3) is 0.357. The van der Waals surface area contributed by atoms with Gasteiger partial charge < -0.3 is 14.6 Å². The predicted octanol–water partition coefficient (Wildman–Crippen LogP) is 3.39. The molecule has 0 bridgehead atoms. The number of urea groups is 1. The molecule has 3 rings (SSSR count). The van der Waals surface area contributed by atoms with Crippen molar-refractivity contribution in [3.05, 3.63) is 46.5 Å². The highest BCUT2D eigenvalue weighted by Crippen LogP contribution is 2.34. The Morgan fingerprint density at radius 1 is 1.53 bits per heavy atom. The maximum Gasteiger partial charge on any atom is 0.318 e. The minimum Gasteiger partial charge on any atom is -0.472 e. The number of carbonyl (C=O) groups is 1. The van der Waals surface area contributed by atoms with Crippen molar-refractivity contribution in [1.29, 1.82) is 0 Å². The van der Waals surface area contributed by atoms with E-state index >= 15 is 0 Å². The van der Waals surface area contributed by atoms with Gasteiger partial charge in [0.1, 0.15) is 0 Å². The van der Waals surface area contributed by atoms with Crippen LogP contribution >= 0.6 is 11.3 Å². The third-order valence-electron chi connectivity index (χ3n) is 3.41. The standard InChI is InChI=1S/C14H16N2O2S/c17-14(15-9-11-5-7-18-10-11)16-6-1-3-12(16)13-4-2-8-19-13/h2,4-5,7-8,10,12H,1,3,6,9H2,(H,15,17). The molecule has 5 heteroatoms. The molecular formula is C14H16N2O2S. The van der Waals surface area contributed by atoms with E-state index < -0.39 is 0 Å². The molecule has 0 aromatic carbocycles. The number of amides is 2. The fourth-order valence-electron chi connectivity index (χ4n) is 2.46. The summed E-state index contributed by atoms with van der Waals surface area (Å²) >= 11 is 1.72. The van der Waals surface area contributed by atoms with Crippen molar-refractivity contribution in [2.45, 2.75) is 25.4 Å². The lowest BCUT2D eigenvalue weighted by Crippen LogP contribution is -2.38. The maximum absolute atomic E-state index is 12.2. The molecule has 1 unspecified atom stereocenters. The predicted molar refractivity (Wildman–Crippen MR) is 73.9 cm³/mol. The van der Waals surface area contributed by atoms with Crippen molar-refractivity contribution in [3.63, 3.8) is 0 Å². The van der Waals surface area contributed by atoms with Crippen molar-refractivity contribution in [1.82, 2.24) is 10.2 Å². The second kappa shape index (κ2) is 5.48. The van der Waals surface area contributed by atoms with Crippen molar-refractivity contribution in [2.75, 3.05) is 6.54 Å². The van der Waals surface area contributed by atoms with Gasteiger partial charge in [-0.05, 0) is 30.4 Å². The van der Waals surface area contributed by atoms with Crippen molar-refractivity contribution in [2.24, 2.45) is 0 Å². The highest BCUT2D eigenvalue weighted by atomic mass is 32.1. The molecule has 1 aliphatic heterocycles. The molecule has 3 heterocycles. The van der Waals surface area contributed by atoms with Crippen LogP contribution in [0.15, 0.2) is 40.5 Å². The Balaban J connectivity index is 1.62.